The first-order valence-corrected chi connectivity index (χ1v) is 7.54. The van der Waals surface area contributed by atoms with Gasteiger partial charge in [-0.3, -0.25) is 0 Å². The standard InChI is InChI=1S/C16H13F3O3S/c1-10-3-2-4-11(7-10)9-23-14-6-5-12(22-16(17,18)19)8-13(14)15(20)21/h2-8H,9H2,1H3,(H,20,21). The number of aryl methyl sites for hydroxylation is 1. The summed E-state index contributed by atoms with van der Waals surface area (Å²) >= 11 is 1.25. The summed E-state index contributed by atoms with van der Waals surface area (Å²) in [6.07, 6.45) is -4.86. The fourth-order valence-electron chi connectivity index (χ4n) is 1.96. The summed E-state index contributed by atoms with van der Waals surface area (Å²) in [4.78, 5) is 11.6. The number of rotatable bonds is 5. The van der Waals surface area contributed by atoms with Gasteiger partial charge in [-0.2, -0.15) is 0 Å². The van der Waals surface area contributed by atoms with Crippen LogP contribution in [0.3, 0.4) is 0 Å². The molecule has 0 aliphatic rings. The van der Waals surface area contributed by atoms with Gasteiger partial charge < -0.3 is 9.84 Å². The van der Waals surface area contributed by atoms with Crippen LogP contribution in [0.25, 0.3) is 0 Å². The number of carbonyl (C=O) groups is 1. The lowest BCUT2D eigenvalue weighted by molar-refractivity contribution is -0.274. The van der Waals surface area contributed by atoms with Crippen LogP contribution in [-0.4, -0.2) is 17.4 Å². The van der Waals surface area contributed by atoms with Crippen molar-refractivity contribution in [2.75, 3.05) is 0 Å². The van der Waals surface area contributed by atoms with E-state index in [0.29, 0.717) is 10.6 Å². The van der Waals surface area contributed by atoms with E-state index in [1.165, 1.54) is 17.8 Å². The van der Waals surface area contributed by atoms with E-state index >= 15 is 0 Å². The molecule has 3 nitrogen and oxygen atoms in total. The monoisotopic (exact) mass is 342 g/mol. The van der Waals surface area contributed by atoms with Crippen LogP contribution >= 0.6 is 11.8 Å². The highest BCUT2D eigenvalue weighted by Gasteiger charge is 2.31. The van der Waals surface area contributed by atoms with Gasteiger partial charge in [-0.05, 0) is 30.7 Å². The van der Waals surface area contributed by atoms with Crippen molar-refractivity contribution < 1.29 is 27.8 Å². The van der Waals surface area contributed by atoms with Crippen LogP contribution in [0.4, 0.5) is 13.2 Å². The first kappa shape index (κ1) is 17.2. The number of hydrogen-bond acceptors (Lipinski definition) is 3. The van der Waals surface area contributed by atoms with Crippen LogP contribution in [0.2, 0.25) is 0 Å². The minimum absolute atomic E-state index is 0.218. The van der Waals surface area contributed by atoms with Gasteiger partial charge in [0.25, 0.3) is 0 Å². The van der Waals surface area contributed by atoms with Crippen LogP contribution in [-0.2, 0) is 5.75 Å². The third kappa shape index (κ3) is 5.21. The number of aromatic carboxylic acids is 1. The second-order valence-electron chi connectivity index (χ2n) is 4.79. The number of carboxylic acid groups (broad SMARTS) is 1. The van der Waals surface area contributed by atoms with Gasteiger partial charge in [0.05, 0.1) is 5.56 Å². The molecule has 0 saturated carbocycles. The van der Waals surface area contributed by atoms with E-state index in [-0.39, 0.29) is 5.56 Å². The maximum atomic E-state index is 12.2. The Hall–Kier alpha value is -2.15. The molecular weight excluding hydrogens is 329 g/mol. The van der Waals surface area contributed by atoms with Crippen molar-refractivity contribution in [3.8, 4) is 5.75 Å². The second-order valence-corrected chi connectivity index (χ2v) is 5.81. The molecule has 0 saturated heterocycles. The summed E-state index contributed by atoms with van der Waals surface area (Å²) in [6, 6.07) is 11.0. The molecule has 0 atom stereocenters. The molecule has 0 fully saturated rings. The molecule has 2 aromatic carbocycles. The zero-order chi connectivity index (χ0) is 17.0. The highest BCUT2D eigenvalue weighted by Crippen LogP contribution is 2.31. The van der Waals surface area contributed by atoms with Crippen LogP contribution in [0, 0.1) is 6.92 Å². The van der Waals surface area contributed by atoms with Crippen molar-refractivity contribution in [3.63, 3.8) is 0 Å². The predicted octanol–water partition coefficient (Wildman–Crippen LogP) is 4.88. The Labute approximate surface area is 135 Å². The van der Waals surface area contributed by atoms with Crippen LogP contribution in [0.5, 0.6) is 5.75 Å². The maximum Gasteiger partial charge on any atom is 0.573 e. The third-order valence-electron chi connectivity index (χ3n) is 2.89. The molecule has 0 aliphatic carbocycles. The molecule has 0 radical (unpaired) electrons. The molecule has 0 spiro atoms. The molecule has 122 valence electrons. The van der Waals surface area contributed by atoms with Gasteiger partial charge in [-0.1, -0.05) is 29.8 Å². The van der Waals surface area contributed by atoms with Crippen molar-refractivity contribution in [1.29, 1.82) is 0 Å². The first-order valence-electron chi connectivity index (χ1n) is 6.56. The highest BCUT2D eigenvalue weighted by atomic mass is 32.2. The van der Waals surface area contributed by atoms with Crippen molar-refractivity contribution in [3.05, 3.63) is 59.2 Å². The molecule has 2 rings (SSSR count). The Bertz CT molecular complexity index is 714. The normalized spacial score (nSPS) is 11.3. The second kappa shape index (κ2) is 6.95. The Morgan fingerprint density at radius 1 is 1.22 bits per heavy atom. The van der Waals surface area contributed by atoms with E-state index in [9.17, 15) is 23.1 Å². The van der Waals surface area contributed by atoms with E-state index in [2.05, 4.69) is 4.74 Å². The Kier molecular flexibility index (Phi) is 5.20. The van der Waals surface area contributed by atoms with Crippen molar-refractivity contribution in [2.24, 2.45) is 0 Å². The molecule has 2 aromatic rings. The lowest BCUT2D eigenvalue weighted by atomic mass is 10.2. The van der Waals surface area contributed by atoms with E-state index in [0.717, 1.165) is 23.3 Å². The first-order chi connectivity index (χ1) is 10.7. The summed E-state index contributed by atoms with van der Waals surface area (Å²) in [5.41, 5.74) is 1.86. The zero-order valence-electron chi connectivity index (χ0n) is 12.1. The van der Waals surface area contributed by atoms with Crippen LogP contribution < -0.4 is 4.74 Å². The Morgan fingerprint density at radius 2 is 1.96 bits per heavy atom. The summed E-state index contributed by atoms with van der Waals surface area (Å²) < 4.78 is 40.4. The summed E-state index contributed by atoms with van der Waals surface area (Å²) in [5, 5.41) is 9.18. The Balaban J connectivity index is 2.19. The van der Waals surface area contributed by atoms with Gasteiger partial charge >= 0.3 is 12.3 Å². The van der Waals surface area contributed by atoms with E-state index in [1.54, 1.807) is 0 Å². The third-order valence-corrected chi connectivity index (χ3v) is 4.04. The zero-order valence-corrected chi connectivity index (χ0v) is 12.9. The number of halogens is 3. The van der Waals surface area contributed by atoms with Crippen molar-refractivity contribution in [1.82, 2.24) is 0 Å². The average molecular weight is 342 g/mol. The molecule has 0 bridgehead atoms. The van der Waals surface area contributed by atoms with E-state index < -0.39 is 18.1 Å². The van der Waals surface area contributed by atoms with Gasteiger partial charge in [-0.15, -0.1) is 24.9 Å². The SMILES string of the molecule is Cc1cccc(CSc2ccc(OC(F)(F)F)cc2C(=O)O)c1. The molecule has 7 heteroatoms. The van der Waals surface area contributed by atoms with Crippen LogP contribution in [0.15, 0.2) is 47.4 Å². The van der Waals surface area contributed by atoms with Gasteiger partial charge in [0, 0.05) is 10.6 Å². The minimum Gasteiger partial charge on any atom is -0.478 e. The molecular formula is C16H13F3O3S. The topological polar surface area (TPSA) is 46.5 Å². The summed E-state index contributed by atoms with van der Waals surface area (Å²) in [6.45, 7) is 1.94. The molecule has 0 unspecified atom stereocenters. The summed E-state index contributed by atoms with van der Waals surface area (Å²) in [5.74, 6) is -1.33. The fraction of sp³-hybridized carbons (Fsp3) is 0.188. The van der Waals surface area contributed by atoms with Gasteiger partial charge in [0.2, 0.25) is 0 Å². The molecule has 0 aromatic heterocycles. The quantitative estimate of drug-likeness (QED) is 0.787. The van der Waals surface area contributed by atoms with Gasteiger partial charge in [-0.25, -0.2) is 4.79 Å². The van der Waals surface area contributed by atoms with Crippen LogP contribution in [0.1, 0.15) is 21.5 Å². The number of hydrogen-bond donors (Lipinski definition) is 1. The maximum absolute atomic E-state index is 12.2. The number of carboxylic acids is 1. The smallest absolute Gasteiger partial charge is 0.478 e. The number of alkyl halides is 3. The minimum atomic E-state index is -4.86. The molecule has 0 aliphatic heterocycles. The molecule has 0 heterocycles. The largest absolute Gasteiger partial charge is 0.573 e. The van der Waals surface area contributed by atoms with E-state index in [1.807, 2.05) is 31.2 Å². The average Bonchev–Trinajstić information content (AvgIpc) is 2.44. The Morgan fingerprint density at radius 3 is 2.57 bits per heavy atom. The molecule has 23 heavy (non-hydrogen) atoms. The number of ether oxygens (including phenoxy) is 1. The molecule has 1 N–H and O–H groups in total. The highest BCUT2D eigenvalue weighted by molar-refractivity contribution is 7.98. The predicted molar refractivity (Wildman–Crippen MR) is 80.8 cm³/mol. The lowest BCUT2D eigenvalue weighted by Gasteiger charge is -2.11. The molecule has 0 amide bonds. The van der Waals surface area contributed by atoms with E-state index in [4.69, 9.17) is 0 Å². The number of benzene rings is 2. The lowest BCUT2D eigenvalue weighted by Crippen LogP contribution is -2.17. The van der Waals surface area contributed by atoms with Gasteiger partial charge in [0.15, 0.2) is 0 Å². The van der Waals surface area contributed by atoms with Crippen molar-refractivity contribution >= 4 is 17.7 Å². The number of thioether (sulfide) groups is 1. The fourth-order valence-corrected chi connectivity index (χ4v) is 2.93. The van der Waals surface area contributed by atoms with Crippen molar-refractivity contribution in [2.45, 2.75) is 23.9 Å². The summed E-state index contributed by atoms with van der Waals surface area (Å²) in [7, 11) is 0. The van der Waals surface area contributed by atoms with Gasteiger partial charge in [0.1, 0.15) is 5.75 Å².